The van der Waals surface area contributed by atoms with Crippen LogP contribution in [0.5, 0.6) is 0 Å². The molecule has 0 radical (unpaired) electrons. The summed E-state index contributed by atoms with van der Waals surface area (Å²) in [6.45, 7) is 3.73. The predicted octanol–water partition coefficient (Wildman–Crippen LogP) is 0.808. The van der Waals surface area contributed by atoms with Crippen LogP contribution in [-0.2, 0) is 0 Å². The van der Waals surface area contributed by atoms with Crippen molar-refractivity contribution in [1.82, 2.24) is 15.5 Å². The Morgan fingerprint density at radius 3 is 2.89 bits per heavy atom. The molecule has 2 aliphatic heterocycles. The number of likely N-dealkylation sites (tertiary alicyclic amines) is 1. The zero-order valence-electron chi connectivity index (χ0n) is 10.4. The van der Waals surface area contributed by atoms with Gasteiger partial charge in [-0.2, -0.15) is 13.2 Å². The summed E-state index contributed by atoms with van der Waals surface area (Å²) in [5.41, 5.74) is 0. The highest BCUT2D eigenvalue weighted by atomic mass is 19.4. The quantitative estimate of drug-likeness (QED) is 0.792. The zero-order chi connectivity index (χ0) is 13.2. The molecule has 7 heteroatoms. The number of nitrogens with zero attached hydrogens (tertiary/aromatic N) is 2. The van der Waals surface area contributed by atoms with Gasteiger partial charge in [0.05, 0.1) is 13.1 Å². The number of hydrogen-bond donors (Lipinski definition) is 2. The van der Waals surface area contributed by atoms with Crippen LogP contribution in [0, 0.1) is 5.92 Å². The molecule has 1 fully saturated rings. The first kappa shape index (κ1) is 13.5. The molecule has 2 N–H and O–H groups in total. The van der Waals surface area contributed by atoms with Crippen molar-refractivity contribution in [2.24, 2.45) is 10.9 Å². The van der Waals surface area contributed by atoms with Gasteiger partial charge in [0.25, 0.3) is 0 Å². The van der Waals surface area contributed by atoms with E-state index in [-0.39, 0.29) is 5.92 Å². The van der Waals surface area contributed by atoms with Gasteiger partial charge in [-0.25, -0.2) is 0 Å². The Labute approximate surface area is 105 Å². The molecule has 0 aromatic heterocycles. The summed E-state index contributed by atoms with van der Waals surface area (Å²) >= 11 is 0. The Morgan fingerprint density at radius 2 is 2.28 bits per heavy atom. The summed E-state index contributed by atoms with van der Waals surface area (Å²) in [4.78, 5) is 5.73. The lowest BCUT2D eigenvalue weighted by atomic mass is 10.1. The Hall–Kier alpha value is -0.980. The molecule has 2 heterocycles. The third-order valence-electron chi connectivity index (χ3n) is 3.24. The molecule has 0 aliphatic carbocycles. The van der Waals surface area contributed by atoms with Crippen molar-refractivity contribution >= 4 is 5.96 Å². The van der Waals surface area contributed by atoms with Gasteiger partial charge in [0.2, 0.25) is 0 Å². The number of halogens is 3. The highest BCUT2D eigenvalue weighted by Gasteiger charge is 2.34. The highest BCUT2D eigenvalue weighted by molar-refractivity contribution is 5.81. The third-order valence-corrected chi connectivity index (χ3v) is 3.24. The van der Waals surface area contributed by atoms with E-state index in [2.05, 4.69) is 15.6 Å². The second-order valence-corrected chi connectivity index (χ2v) is 5.12. The van der Waals surface area contributed by atoms with E-state index in [1.807, 2.05) is 6.92 Å². The summed E-state index contributed by atoms with van der Waals surface area (Å²) in [5.74, 6) is 1.05. The van der Waals surface area contributed by atoms with Gasteiger partial charge < -0.3 is 10.6 Å². The van der Waals surface area contributed by atoms with Gasteiger partial charge in [0.15, 0.2) is 5.96 Å². The molecule has 0 aromatic carbocycles. The van der Waals surface area contributed by atoms with Gasteiger partial charge in [0.1, 0.15) is 0 Å². The minimum atomic E-state index is -4.09. The van der Waals surface area contributed by atoms with E-state index >= 15 is 0 Å². The van der Waals surface area contributed by atoms with E-state index in [4.69, 9.17) is 0 Å². The molecule has 0 aromatic rings. The minimum Gasteiger partial charge on any atom is -0.356 e. The van der Waals surface area contributed by atoms with E-state index in [1.54, 1.807) is 0 Å². The molecule has 0 amide bonds. The van der Waals surface area contributed by atoms with Crippen LogP contribution < -0.4 is 10.6 Å². The van der Waals surface area contributed by atoms with E-state index in [9.17, 15) is 13.2 Å². The van der Waals surface area contributed by atoms with Gasteiger partial charge >= 0.3 is 6.18 Å². The van der Waals surface area contributed by atoms with Crippen molar-refractivity contribution in [2.75, 3.05) is 32.7 Å². The Morgan fingerprint density at radius 1 is 1.50 bits per heavy atom. The van der Waals surface area contributed by atoms with Crippen LogP contribution in [0.1, 0.15) is 13.3 Å². The number of aliphatic imine (C=N–C) groups is 1. The van der Waals surface area contributed by atoms with Gasteiger partial charge in [0, 0.05) is 19.1 Å². The Kier molecular flexibility index (Phi) is 3.99. The topological polar surface area (TPSA) is 39.7 Å². The molecule has 2 atom stereocenters. The van der Waals surface area contributed by atoms with Crippen LogP contribution >= 0.6 is 0 Å². The van der Waals surface area contributed by atoms with Crippen molar-refractivity contribution in [3.63, 3.8) is 0 Å². The third kappa shape index (κ3) is 4.04. The lowest BCUT2D eigenvalue weighted by Gasteiger charge is -2.18. The fourth-order valence-electron chi connectivity index (χ4n) is 2.38. The Bertz CT molecular complexity index is 316. The molecule has 2 rings (SSSR count). The molecule has 104 valence electrons. The maximum Gasteiger partial charge on any atom is 0.401 e. The molecule has 2 unspecified atom stereocenters. The largest absolute Gasteiger partial charge is 0.401 e. The standard InChI is InChI=1S/C11H19F3N4/c1-8-4-15-10(17-8)16-5-9-2-3-18(6-9)7-11(12,13)14/h8-9H,2-7H2,1H3,(H2,15,16,17). The van der Waals surface area contributed by atoms with E-state index in [0.717, 1.165) is 18.9 Å². The van der Waals surface area contributed by atoms with Gasteiger partial charge in [-0.1, -0.05) is 0 Å². The van der Waals surface area contributed by atoms with Crippen LogP contribution in [0.15, 0.2) is 4.99 Å². The van der Waals surface area contributed by atoms with Crippen LogP contribution in [0.2, 0.25) is 0 Å². The van der Waals surface area contributed by atoms with Crippen molar-refractivity contribution < 1.29 is 13.2 Å². The minimum absolute atomic E-state index is 0.271. The molecule has 4 nitrogen and oxygen atoms in total. The monoisotopic (exact) mass is 264 g/mol. The SMILES string of the molecule is CC1CN=C(NCC2CCN(CC(F)(F)F)C2)N1. The van der Waals surface area contributed by atoms with E-state index < -0.39 is 12.7 Å². The molecular formula is C11H19F3N4. The van der Waals surface area contributed by atoms with Crippen LogP contribution in [-0.4, -0.2) is 55.8 Å². The highest BCUT2D eigenvalue weighted by Crippen LogP contribution is 2.22. The summed E-state index contributed by atoms with van der Waals surface area (Å²) < 4.78 is 36.7. The van der Waals surface area contributed by atoms with Crippen LogP contribution in [0.3, 0.4) is 0 Å². The second-order valence-electron chi connectivity index (χ2n) is 5.12. The number of hydrogen-bond acceptors (Lipinski definition) is 4. The maximum absolute atomic E-state index is 12.2. The summed E-state index contributed by atoms with van der Waals surface area (Å²) in [7, 11) is 0. The maximum atomic E-state index is 12.2. The fraction of sp³-hybridized carbons (Fsp3) is 0.909. The summed E-state index contributed by atoms with van der Waals surface area (Å²) in [6, 6.07) is 0.345. The smallest absolute Gasteiger partial charge is 0.356 e. The van der Waals surface area contributed by atoms with Crippen molar-refractivity contribution in [1.29, 1.82) is 0 Å². The average Bonchev–Trinajstić information content (AvgIpc) is 2.82. The first-order valence-electron chi connectivity index (χ1n) is 6.26. The molecule has 18 heavy (non-hydrogen) atoms. The van der Waals surface area contributed by atoms with Crippen molar-refractivity contribution in [3.05, 3.63) is 0 Å². The summed E-state index contributed by atoms with van der Waals surface area (Å²) in [5, 5.41) is 6.34. The zero-order valence-corrected chi connectivity index (χ0v) is 10.4. The van der Waals surface area contributed by atoms with Crippen molar-refractivity contribution in [3.8, 4) is 0 Å². The van der Waals surface area contributed by atoms with Gasteiger partial charge in [-0.3, -0.25) is 9.89 Å². The normalized spacial score (nSPS) is 29.2. The van der Waals surface area contributed by atoms with E-state index in [1.165, 1.54) is 4.90 Å². The van der Waals surface area contributed by atoms with Crippen LogP contribution in [0.4, 0.5) is 13.2 Å². The van der Waals surface area contributed by atoms with Crippen LogP contribution in [0.25, 0.3) is 0 Å². The summed E-state index contributed by atoms with van der Waals surface area (Å²) in [6.07, 6.45) is -3.28. The first-order chi connectivity index (χ1) is 8.42. The van der Waals surface area contributed by atoms with Gasteiger partial charge in [-0.15, -0.1) is 0 Å². The molecule has 0 bridgehead atoms. The fourth-order valence-corrected chi connectivity index (χ4v) is 2.38. The molecular weight excluding hydrogens is 245 g/mol. The predicted molar refractivity (Wildman–Crippen MR) is 63.5 cm³/mol. The number of alkyl halides is 3. The Balaban J connectivity index is 1.67. The average molecular weight is 264 g/mol. The molecule has 1 saturated heterocycles. The molecule has 2 aliphatic rings. The number of rotatable bonds is 3. The first-order valence-corrected chi connectivity index (χ1v) is 6.26. The number of nitrogens with one attached hydrogen (secondary N) is 2. The lowest BCUT2D eigenvalue weighted by Crippen LogP contribution is -2.40. The van der Waals surface area contributed by atoms with Crippen molar-refractivity contribution in [2.45, 2.75) is 25.6 Å². The lowest BCUT2D eigenvalue weighted by molar-refractivity contribution is -0.143. The second kappa shape index (κ2) is 5.34. The number of guanidine groups is 1. The molecule has 0 spiro atoms. The van der Waals surface area contributed by atoms with E-state index in [0.29, 0.717) is 25.7 Å². The van der Waals surface area contributed by atoms with Gasteiger partial charge in [-0.05, 0) is 25.8 Å². The molecule has 0 saturated carbocycles.